The van der Waals surface area contributed by atoms with Crippen molar-refractivity contribution in [3.63, 3.8) is 0 Å². The first kappa shape index (κ1) is 36.9. The van der Waals surface area contributed by atoms with Gasteiger partial charge in [-0.05, 0) is 59.2 Å². The number of benzene rings is 1. The number of nitrogens with one attached hydrogen (secondary N) is 3. The monoisotopic (exact) mass is 589 g/mol. The Morgan fingerprint density at radius 1 is 0.738 bits per heavy atom. The highest BCUT2D eigenvalue weighted by atomic mass is 16.6. The van der Waals surface area contributed by atoms with Crippen LogP contribution in [0, 0.1) is 0 Å². The summed E-state index contributed by atoms with van der Waals surface area (Å²) in [5, 5.41) is 8.01. The second kappa shape index (κ2) is 20.7. The number of hydrogen-bond acceptors (Lipinski definition) is 6. The summed E-state index contributed by atoms with van der Waals surface area (Å²) >= 11 is 0. The normalized spacial score (nSPS) is 11.9. The molecule has 0 aliphatic heterocycles. The van der Waals surface area contributed by atoms with E-state index in [1.807, 2.05) is 0 Å². The number of ether oxygens (including phenoxy) is 2. The van der Waals surface area contributed by atoms with Crippen molar-refractivity contribution < 1.29 is 28.7 Å². The predicted molar refractivity (Wildman–Crippen MR) is 169 cm³/mol. The maximum Gasteiger partial charge on any atom is 0.408 e. The maximum atomic E-state index is 12.7. The first-order chi connectivity index (χ1) is 19.9. The molecule has 0 fully saturated rings. The molecular weight excluding hydrogens is 534 g/mol. The topological polar surface area (TPSA) is 123 Å². The lowest BCUT2D eigenvalue weighted by molar-refractivity contribution is -0.118. The molecule has 1 aromatic rings. The molecule has 3 N–H and O–H groups in total. The van der Waals surface area contributed by atoms with Crippen LogP contribution in [0.1, 0.15) is 142 Å². The van der Waals surface area contributed by atoms with E-state index >= 15 is 0 Å². The molecule has 0 bridgehead atoms. The Labute approximate surface area is 253 Å². The number of carbonyl (C=O) groups is 4. The molecule has 9 heteroatoms. The predicted octanol–water partition coefficient (Wildman–Crippen LogP) is 8.13. The number of alkyl carbamates (subject to hydrolysis) is 1. The zero-order valence-corrected chi connectivity index (χ0v) is 26.9. The van der Waals surface area contributed by atoms with Gasteiger partial charge in [0.2, 0.25) is 11.8 Å². The van der Waals surface area contributed by atoms with Gasteiger partial charge >= 0.3 is 12.1 Å². The average Bonchev–Trinajstić information content (AvgIpc) is 2.90. The molecule has 0 heterocycles. The van der Waals surface area contributed by atoms with Crippen molar-refractivity contribution in [3.8, 4) is 0 Å². The van der Waals surface area contributed by atoms with Gasteiger partial charge in [0, 0.05) is 17.8 Å². The first-order valence-electron chi connectivity index (χ1n) is 15.9. The van der Waals surface area contributed by atoms with E-state index in [1.54, 1.807) is 33.8 Å². The van der Waals surface area contributed by atoms with Crippen molar-refractivity contribution in [3.05, 3.63) is 23.8 Å². The second-order valence-corrected chi connectivity index (χ2v) is 11.9. The third-order valence-corrected chi connectivity index (χ3v) is 6.63. The van der Waals surface area contributed by atoms with Crippen LogP contribution in [0.3, 0.4) is 0 Å². The molecule has 42 heavy (non-hydrogen) atoms. The van der Waals surface area contributed by atoms with Crippen molar-refractivity contribution in [1.29, 1.82) is 0 Å². The summed E-state index contributed by atoms with van der Waals surface area (Å²) in [5.41, 5.74) is 0.163. The van der Waals surface area contributed by atoms with E-state index in [9.17, 15) is 19.2 Å². The molecule has 1 rings (SSSR count). The number of carbonyl (C=O) groups excluding carboxylic acids is 4. The molecule has 238 valence electrons. The van der Waals surface area contributed by atoms with Crippen LogP contribution >= 0.6 is 0 Å². The molecule has 0 aromatic heterocycles. The molecule has 9 nitrogen and oxygen atoms in total. The van der Waals surface area contributed by atoms with Gasteiger partial charge in [0.25, 0.3) is 0 Å². The van der Waals surface area contributed by atoms with Gasteiger partial charge in [-0.15, -0.1) is 0 Å². The van der Waals surface area contributed by atoms with Crippen molar-refractivity contribution in [2.45, 2.75) is 143 Å². The number of hydrogen-bond donors (Lipinski definition) is 3. The summed E-state index contributed by atoms with van der Waals surface area (Å²) in [6, 6.07) is 3.66. The molecule has 0 saturated heterocycles. The van der Waals surface area contributed by atoms with Gasteiger partial charge in [-0.25, -0.2) is 9.59 Å². The van der Waals surface area contributed by atoms with Crippen LogP contribution in [-0.4, -0.2) is 42.1 Å². The van der Waals surface area contributed by atoms with E-state index in [0.29, 0.717) is 17.8 Å². The van der Waals surface area contributed by atoms with Gasteiger partial charge in [-0.1, -0.05) is 84.0 Å². The van der Waals surface area contributed by atoms with Crippen molar-refractivity contribution in [1.82, 2.24) is 5.32 Å². The SMILES string of the molecule is CCCCCCCCCCCCCCCC(=O)Nc1cc(NC(=O)[C@H](C)NC(=O)OC(C)(C)C)cc(C(=O)OCC)c1. The van der Waals surface area contributed by atoms with E-state index in [-0.39, 0.29) is 18.1 Å². The Morgan fingerprint density at radius 2 is 1.24 bits per heavy atom. The molecule has 0 aliphatic carbocycles. The van der Waals surface area contributed by atoms with Crippen LogP contribution in [0.25, 0.3) is 0 Å². The zero-order chi connectivity index (χ0) is 31.4. The average molecular weight is 590 g/mol. The Bertz CT molecular complexity index is 973. The minimum Gasteiger partial charge on any atom is -0.462 e. The second-order valence-electron chi connectivity index (χ2n) is 11.9. The highest BCUT2D eigenvalue weighted by Crippen LogP contribution is 2.21. The molecule has 0 saturated carbocycles. The maximum absolute atomic E-state index is 12.7. The van der Waals surface area contributed by atoms with Gasteiger partial charge in [0.05, 0.1) is 12.2 Å². The zero-order valence-electron chi connectivity index (χ0n) is 26.9. The molecule has 3 amide bonds. The Balaban J connectivity index is 2.54. The number of esters is 1. The Kier molecular flexibility index (Phi) is 18.2. The lowest BCUT2D eigenvalue weighted by atomic mass is 10.0. The summed E-state index contributed by atoms with van der Waals surface area (Å²) in [6.45, 7) is 10.8. The van der Waals surface area contributed by atoms with Crippen molar-refractivity contribution >= 4 is 35.3 Å². The number of rotatable bonds is 20. The smallest absolute Gasteiger partial charge is 0.408 e. The highest BCUT2D eigenvalue weighted by molar-refractivity contribution is 6.00. The Hall–Kier alpha value is -3.10. The van der Waals surface area contributed by atoms with Crippen LogP contribution < -0.4 is 16.0 Å². The van der Waals surface area contributed by atoms with Crippen molar-refractivity contribution in [2.24, 2.45) is 0 Å². The van der Waals surface area contributed by atoms with Crippen LogP contribution in [0.4, 0.5) is 16.2 Å². The molecule has 1 aromatic carbocycles. The largest absolute Gasteiger partial charge is 0.462 e. The van der Waals surface area contributed by atoms with Crippen LogP contribution in [0.15, 0.2) is 18.2 Å². The summed E-state index contributed by atoms with van der Waals surface area (Å²) in [7, 11) is 0. The standard InChI is InChI=1S/C33H55N3O6/c1-7-9-10-11-12-13-14-15-16-17-18-19-20-21-29(37)35-27-22-26(31(39)41-8-2)23-28(24-27)36-30(38)25(3)34-32(40)42-33(4,5)6/h22-25H,7-21H2,1-6H3,(H,34,40)(H,35,37)(H,36,38)/t25-/m0/s1. The number of amides is 3. The van der Waals surface area contributed by atoms with Crippen LogP contribution in [0.5, 0.6) is 0 Å². The first-order valence-corrected chi connectivity index (χ1v) is 15.9. The van der Waals surface area contributed by atoms with Crippen molar-refractivity contribution in [2.75, 3.05) is 17.2 Å². The lowest BCUT2D eigenvalue weighted by Gasteiger charge is -2.21. The lowest BCUT2D eigenvalue weighted by Crippen LogP contribution is -2.44. The van der Waals surface area contributed by atoms with Crippen LogP contribution in [0.2, 0.25) is 0 Å². The molecule has 0 unspecified atom stereocenters. The van der Waals surface area contributed by atoms with Gasteiger partial charge in [0.1, 0.15) is 11.6 Å². The van der Waals surface area contributed by atoms with Gasteiger partial charge in [-0.2, -0.15) is 0 Å². The summed E-state index contributed by atoms with van der Waals surface area (Å²) < 4.78 is 10.3. The highest BCUT2D eigenvalue weighted by Gasteiger charge is 2.22. The van der Waals surface area contributed by atoms with E-state index in [4.69, 9.17) is 9.47 Å². The Morgan fingerprint density at radius 3 is 1.74 bits per heavy atom. The number of anilines is 2. The molecular formula is C33H55N3O6. The third kappa shape index (κ3) is 17.7. The summed E-state index contributed by atoms with van der Waals surface area (Å²) in [5.74, 6) is -1.23. The fourth-order valence-corrected chi connectivity index (χ4v) is 4.43. The summed E-state index contributed by atoms with van der Waals surface area (Å²) in [6.07, 6.45) is 15.7. The van der Waals surface area contributed by atoms with Gasteiger partial charge < -0.3 is 25.4 Å². The molecule has 0 spiro atoms. The van der Waals surface area contributed by atoms with Crippen LogP contribution in [-0.2, 0) is 19.1 Å². The van der Waals surface area contributed by atoms with Gasteiger partial charge in [0.15, 0.2) is 0 Å². The van der Waals surface area contributed by atoms with E-state index < -0.39 is 29.6 Å². The quantitative estimate of drug-likeness (QED) is 0.104. The minimum absolute atomic E-state index is 0.156. The fraction of sp³-hybridized carbons (Fsp3) is 0.697. The van der Waals surface area contributed by atoms with E-state index in [1.165, 1.54) is 83.3 Å². The van der Waals surface area contributed by atoms with E-state index in [0.717, 1.165) is 19.3 Å². The minimum atomic E-state index is -0.903. The van der Waals surface area contributed by atoms with E-state index in [2.05, 4.69) is 22.9 Å². The summed E-state index contributed by atoms with van der Waals surface area (Å²) in [4.78, 5) is 49.8. The fourth-order valence-electron chi connectivity index (χ4n) is 4.43. The number of unbranched alkanes of at least 4 members (excludes halogenated alkanes) is 12. The molecule has 0 aliphatic rings. The van der Waals surface area contributed by atoms with Gasteiger partial charge in [-0.3, -0.25) is 9.59 Å². The third-order valence-electron chi connectivity index (χ3n) is 6.63. The molecule has 1 atom stereocenters. The molecule has 0 radical (unpaired) electrons.